The summed E-state index contributed by atoms with van der Waals surface area (Å²) in [4.78, 5) is 0. The van der Waals surface area contributed by atoms with E-state index in [2.05, 4.69) is 0 Å². The topological polar surface area (TPSA) is 26.0 Å². The minimum Gasteiger partial charge on any atom is -0.325 e. The highest BCUT2D eigenvalue weighted by atomic mass is 19.1. The fourth-order valence-electron chi connectivity index (χ4n) is 1.10. The van der Waals surface area contributed by atoms with E-state index in [0.717, 1.165) is 12.8 Å². The molecule has 0 saturated heterocycles. The quantitative estimate of drug-likeness (QED) is 0.603. The van der Waals surface area contributed by atoms with Crippen LogP contribution in [0.25, 0.3) is 0 Å². The number of hydrogen-bond donors (Lipinski definition) is 1. The fourth-order valence-corrected chi connectivity index (χ4v) is 1.10. The monoisotopic (exact) mass is 131 g/mol. The van der Waals surface area contributed by atoms with Gasteiger partial charge in [0, 0.05) is 11.0 Å². The summed E-state index contributed by atoms with van der Waals surface area (Å²) < 4.78 is 12.2. The van der Waals surface area contributed by atoms with Crippen LogP contribution in [0.5, 0.6) is 0 Å². The van der Waals surface area contributed by atoms with Crippen molar-refractivity contribution in [3.05, 3.63) is 0 Å². The van der Waals surface area contributed by atoms with E-state index in [-0.39, 0.29) is 17.6 Å². The van der Waals surface area contributed by atoms with Crippen molar-refractivity contribution < 1.29 is 4.39 Å². The lowest BCUT2D eigenvalue weighted by Crippen LogP contribution is -2.43. The minimum absolute atomic E-state index is 0.160. The van der Waals surface area contributed by atoms with E-state index in [1.165, 1.54) is 0 Å². The lowest BCUT2D eigenvalue weighted by atomic mass is 9.86. The molecule has 1 saturated carbocycles. The molecule has 1 fully saturated rings. The summed E-state index contributed by atoms with van der Waals surface area (Å²) in [5.41, 5.74) is 5.27. The Labute approximate surface area is 55.4 Å². The summed E-state index contributed by atoms with van der Waals surface area (Å²) >= 11 is 0. The van der Waals surface area contributed by atoms with E-state index in [4.69, 9.17) is 5.73 Å². The highest BCUT2D eigenvalue weighted by Crippen LogP contribution is 2.52. The van der Waals surface area contributed by atoms with Crippen molar-refractivity contribution >= 4 is 0 Å². The third-order valence-corrected chi connectivity index (χ3v) is 2.48. The highest BCUT2D eigenvalue weighted by Gasteiger charge is 2.52. The Balaban J connectivity index is 2.60. The average Bonchev–Trinajstić information content (AvgIpc) is 2.40. The molecule has 2 heteroatoms. The summed E-state index contributed by atoms with van der Waals surface area (Å²) in [6, 6.07) is 0. The number of halogens is 1. The predicted molar refractivity (Wildman–Crippen MR) is 35.9 cm³/mol. The predicted octanol–water partition coefficient (Wildman–Crippen LogP) is 1.47. The molecule has 0 radical (unpaired) electrons. The summed E-state index contributed by atoms with van der Waals surface area (Å²) in [6.45, 7) is 3.55. The molecule has 54 valence electrons. The van der Waals surface area contributed by atoms with Crippen LogP contribution in [0.3, 0.4) is 0 Å². The van der Waals surface area contributed by atoms with Gasteiger partial charge in [0.2, 0.25) is 0 Å². The average molecular weight is 131 g/mol. The first-order chi connectivity index (χ1) is 4.02. The molecule has 0 aromatic rings. The van der Waals surface area contributed by atoms with Crippen molar-refractivity contribution in [3.63, 3.8) is 0 Å². The molecule has 0 aromatic heterocycles. The Morgan fingerprint density at radius 1 is 1.56 bits per heavy atom. The molecule has 0 spiro atoms. The minimum atomic E-state index is -0.318. The van der Waals surface area contributed by atoms with Crippen LogP contribution in [0.2, 0.25) is 0 Å². The van der Waals surface area contributed by atoms with Gasteiger partial charge in [-0.2, -0.15) is 0 Å². The van der Waals surface area contributed by atoms with Crippen LogP contribution < -0.4 is 5.73 Å². The van der Waals surface area contributed by atoms with Gasteiger partial charge in [0.1, 0.15) is 0 Å². The Kier molecular flexibility index (Phi) is 1.31. The van der Waals surface area contributed by atoms with E-state index in [1.807, 2.05) is 13.8 Å². The van der Waals surface area contributed by atoms with Crippen LogP contribution in [0.1, 0.15) is 26.7 Å². The van der Waals surface area contributed by atoms with Crippen LogP contribution in [0.4, 0.5) is 4.39 Å². The fraction of sp³-hybridized carbons (Fsp3) is 1.00. The molecule has 0 amide bonds. The van der Waals surface area contributed by atoms with Crippen molar-refractivity contribution in [2.45, 2.75) is 32.2 Å². The third-order valence-electron chi connectivity index (χ3n) is 2.48. The normalized spacial score (nSPS) is 24.0. The van der Waals surface area contributed by atoms with Crippen molar-refractivity contribution in [2.24, 2.45) is 11.1 Å². The maximum atomic E-state index is 12.2. The molecule has 2 N–H and O–H groups in total. The van der Waals surface area contributed by atoms with Crippen molar-refractivity contribution in [1.82, 2.24) is 0 Å². The Morgan fingerprint density at radius 2 is 2.00 bits per heavy atom. The van der Waals surface area contributed by atoms with E-state index in [1.54, 1.807) is 0 Å². The second-order valence-electron chi connectivity index (χ2n) is 3.64. The van der Waals surface area contributed by atoms with Gasteiger partial charge in [-0.3, -0.25) is 4.39 Å². The van der Waals surface area contributed by atoms with Crippen molar-refractivity contribution in [2.75, 3.05) is 6.67 Å². The number of hydrogen-bond acceptors (Lipinski definition) is 1. The van der Waals surface area contributed by atoms with Crippen LogP contribution in [0, 0.1) is 5.41 Å². The molecule has 0 bridgehead atoms. The second-order valence-corrected chi connectivity index (χ2v) is 3.64. The molecule has 1 nitrogen and oxygen atoms in total. The molecular formula is C7H14FN. The smallest absolute Gasteiger partial charge is 0.0967 e. The number of nitrogens with two attached hydrogens (primary N) is 1. The van der Waals surface area contributed by atoms with Crippen molar-refractivity contribution in [1.29, 1.82) is 0 Å². The summed E-state index contributed by atoms with van der Waals surface area (Å²) in [5, 5.41) is 0. The summed E-state index contributed by atoms with van der Waals surface area (Å²) in [7, 11) is 0. The van der Waals surface area contributed by atoms with Gasteiger partial charge in [0.25, 0.3) is 0 Å². The molecule has 0 aromatic carbocycles. The van der Waals surface area contributed by atoms with Crippen LogP contribution in [-0.4, -0.2) is 12.2 Å². The van der Waals surface area contributed by atoms with Gasteiger partial charge in [-0.15, -0.1) is 0 Å². The SMILES string of the molecule is CC(C)(N)C1(CF)CC1. The Bertz CT molecular complexity index is 111. The first kappa shape index (κ1) is 7.00. The molecule has 0 aliphatic heterocycles. The van der Waals surface area contributed by atoms with Crippen molar-refractivity contribution in [3.8, 4) is 0 Å². The van der Waals surface area contributed by atoms with Gasteiger partial charge in [0.15, 0.2) is 0 Å². The van der Waals surface area contributed by atoms with E-state index in [9.17, 15) is 4.39 Å². The lowest BCUT2D eigenvalue weighted by molar-refractivity contribution is 0.227. The largest absolute Gasteiger partial charge is 0.325 e. The van der Waals surface area contributed by atoms with Crippen LogP contribution in [-0.2, 0) is 0 Å². The molecule has 1 aliphatic carbocycles. The Hall–Kier alpha value is -0.110. The first-order valence-electron chi connectivity index (χ1n) is 3.37. The highest BCUT2D eigenvalue weighted by molar-refractivity contribution is 5.06. The third kappa shape index (κ3) is 0.960. The van der Waals surface area contributed by atoms with E-state index in [0.29, 0.717) is 0 Å². The Morgan fingerprint density at radius 3 is 2.00 bits per heavy atom. The molecule has 9 heavy (non-hydrogen) atoms. The molecule has 0 atom stereocenters. The zero-order chi connectivity index (χ0) is 7.12. The summed E-state index contributed by atoms with van der Waals surface area (Å²) in [6.07, 6.45) is 1.93. The second kappa shape index (κ2) is 1.69. The van der Waals surface area contributed by atoms with Gasteiger partial charge in [0.05, 0.1) is 6.67 Å². The van der Waals surface area contributed by atoms with Gasteiger partial charge in [-0.25, -0.2) is 0 Å². The van der Waals surface area contributed by atoms with Crippen LogP contribution in [0.15, 0.2) is 0 Å². The van der Waals surface area contributed by atoms with Gasteiger partial charge in [-0.05, 0) is 26.7 Å². The van der Waals surface area contributed by atoms with Gasteiger partial charge >= 0.3 is 0 Å². The number of rotatable bonds is 2. The molecular weight excluding hydrogens is 117 g/mol. The van der Waals surface area contributed by atoms with E-state index >= 15 is 0 Å². The maximum Gasteiger partial charge on any atom is 0.0967 e. The molecule has 0 heterocycles. The zero-order valence-electron chi connectivity index (χ0n) is 6.08. The molecule has 0 unspecified atom stereocenters. The molecule has 1 aliphatic rings. The maximum absolute atomic E-state index is 12.2. The first-order valence-corrected chi connectivity index (χ1v) is 3.37. The van der Waals surface area contributed by atoms with Gasteiger partial charge in [-0.1, -0.05) is 0 Å². The van der Waals surface area contributed by atoms with Gasteiger partial charge < -0.3 is 5.73 Å². The van der Waals surface area contributed by atoms with Crippen LogP contribution >= 0.6 is 0 Å². The lowest BCUT2D eigenvalue weighted by Gasteiger charge is -2.27. The zero-order valence-corrected chi connectivity index (χ0v) is 6.08. The van der Waals surface area contributed by atoms with E-state index < -0.39 is 0 Å². The number of alkyl halides is 1. The summed E-state index contributed by atoms with van der Waals surface area (Å²) in [5.74, 6) is 0. The molecule has 1 rings (SSSR count). The standard InChI is InChI=1S/C7H14FN/c1-6(2,9)7(5-8)3-4-7/h3-5,9H2,1-2H3.